The Hall–Kier alpha value is -3.26. The SMILES string of the molecule is C=C/C=C(/CC1([n+]2cc(C)c(C(C)(C)C)cc2C)C(C=C)C2C1c1ccccc1-c1cccc[n+]12)C(C)C. The van der Waals surface area contributed by atoms with Crippen molar-refractivity contribution in [2.24, 2.45) is 11.8 Å². The molecule has 5 rings (SSSR count). The van der Waals surface area contributed by atoms with Gasteiger partial charge in [-0.2, -0.15) is 9.13 Å². The maximum absolute atomic E-state index is 4.46. The molecule has 2 aliphatic rings. The average molecular weight is 505 g/mol. The van der Waals surface area contributed by atoms with Crippen LogP contribution in [0.25, 0.3) is 11.3 Å². The molecule has 1 aromatic carbocycles. The topological polar surface area (TPSA) is 7.76 Å². The maximum atomic E-state index is 4.46. The van der Waals surface area contributed by atoms with E-state index in [4.69, 9.17) is 0 Å². The maximum Gasteiger partial charge on any atom is 0.213 e. The number of aromatic nitrogens is 2. The lowest BCUT2D eigenvalue weighted by molar-refractivity contribution is -0.844. The molecular weight excluding hydrogens is 460 g/mol. The molecule has 0 radical (unpaired) electrons. The smallest absolute Gasteiger partial charge is 0.195 e. The van der Waals surface area contributed by atoms with Gasteiger partial charge in [0.15, 0.2) is 29.7 Å². The summed E-state index contributed by atoms with van der Waals surface area (Å²) in [7, 11) is 0. The van der Waals surface area contributed by atoms with Crippen LogP contribution in [0.2, 0.25) is 0 Å². The highest BCUT2D eigenvalue weighted by molar-refractivity contribution is 5.65. The summed E-state index contributed by atoms with van der Waals surface area (Å²) in [6.45, 7) is 24.7. The van der Waals surface area contributed by atoms with Crippen molar-refractivity contribution in [3.8, 4) is 11.3 Å². The zero-order valence-electron chi connectivity index (χ0n) is 24.3. The molecular formula is C36H44N2+2. The number of fused-ring (bicyclic) bond motifs is 6. The van der Waals surface area contributed by atoms with Crippen molar-refractivity contribution >= 4 is 0 Å². The van der Waals surface area contributed by atoms with Crippen LogP contribution in [0.5, 0.6) is 0 Å². The predicted octanol–water partition coefficient (Wildman–Crippen LogP) is 7.85. The molecule has 38 heavy (non-hydrogen) atoms. The van der Waals surface area contributed by atoms with Crippen molar-refractivity contribution in [2.45, 2.75) is 77.8 Å². The van der Waals surface area contributed by atoms with Crippen LogP contribution in [-0.2, 0) is 11.0 Å². The standard InChI is InChI=1S/C36H44N2/c1-10-16-27(24(3)4)22-36(38-23-25(5)31(21-26(38)6)35(7,8)9)30(11-2)34-33(36)29-18-13-12-17-28(29)32-19-14-15-20-37(32)34/h10-21,23-24,30,33-34H,1-2,22H2,3-9H3/q+2/b27-16-. The summed E-state index contributed by atoms with van der Waals surface area (Å²) in [6.07, 6.45) is 12.1. The lowest BCUT2D eigenvalue weighted by Crippen LogP contribution is -2.78. The molecule has 3 aromatic rings. The normalized spacial score (nSPS) is 24.2. The highest BCUT2D eigenvalue weighted by Gasteiger charge is 2.74. The second kappa shape index (κ2) is 9.49. The summed E-state index contributed by atoms with van der Waals surface area (Å²) < 4.78 is 5.16. The molecule has 1 aliphatic carbocycles. The Labute approximate surface area is 230 Å². The third-order valence-corrected chi connectivity index (χ3v) is 9.16. The molecule has 4 unspecified atom stereocenters. The van der Waals surface area contributed by atoms with Gasteiger partial charge < -0.3 is 0 Å². The van der Waals surface area contributed by atoms with Crippen molar-refractivity contribution in [1.82, 2.24) is 0 Å². The monoisotopic (exact) mass is 504 g/mol. The number of pyridine rings is 2. The van der Waals surface area contributed by atoms with Gasteiger partial charge in [-0.15, -0.1) is 6.58 Å². The molecule has 1 saturated carbocycles. The fraction of sp³-hybridized carbons (Fsp3) is 0.389. The summed E-state index contributed by atoms with van der Waals surface area (Å²) in [5.41, 5.74) is 9.55. The van der Waals surface area contributed by atoms with Crippen LogP contribution < -0.4 is 9.13 Å². The van der Waals surface area contributed by atoms with Gasteiger partial charge in [0.05, 0.1) is 5.56 Å². The van der Waals surface area contributed by atoms with E-state index in [-0.39, 0.29) is 16.9 Å². The number of hydrogen-bond acceptors (Lipinski definition) is 0. The molecule has 0 N–H and O–H groups in total. The van der Waals surface area contributed by atoms with Crippen LogP contribution in [0.15, 0.2) is 97.9 Å². The molecule has 2 heteroatoms. The van der Waals surface area contributed by atoms with Crippen molar-refractivity contribution in [3.05, 3.63) is 120 Å². The molecule has 2 nitrogen and oxygen atoms in total. The number of benzene rings is 1. The lowest BCUT2D eigenvalue weighted by atomic mass is 9.48. The molecule has 0 spiro atoms. The first-order valence-corrected chi connectivity index (χ1v) is 14.1. The van der Waals surface area contributed by atoms with Crippen LogP contribution in [0, 0.1) is 25.7 Å². The van der Waals surface area contributed by atoms with Crippen molar-refractivity contribution in [2.75, 3.05) is 0 Å². The average Bonchev–Trinajstić information content (AvgIpc) is 2.87. The zero-order valence-corrected chi connectivity index (χ0v) is 24.3. The van der Waals surface area contributed by atoms with Crippen molar-refractivity contribution in [1.29, 1.82) is 0 Å². The Balaban J connectivity index is 1.83. The molecule has 0 bridgehead atoms. The third kappa shape index (κ3) is 3.83. The van der Waals surface area contributed by atoms with Gasteiger partial charge >= 0.3 is 0 Å². The van der Waals surface area contributed by atoms with Crippen LogP contribution in [-0.4, -0.2) is 0 Å². The minimum absolute atomic E-state index is 0.0964. The van der Waals surface area contributed by atoms with Crippen LogP contribution in [0.3, 0.4) is 0 Å². The summed E-state index contributed by atoms with van der Waals surface area (Å²) in [5, 5.41) is 0. The Morgan fingerprint density at radius 1 is 1.05 bits per heavy atom. The highest BCUT2D eigenvalue weighted by Crippen LogP contribution is 2.64. The largest absolute Gasteiger partial charge is 0.213 e. The molecule has 196 valence electrons. The second-order valence-corrected chi connectivity index (χ2v) is 12.7. The van der Waals surface area contributed by atoms with Gasteiger partial charge in [0, 0.05) is 37.1 Å². The van der Waals surface area contributed by atoms with Crippen LogP contribution >= 0.6 is 0 Å². The molecule has 0 amide bonds. The highest BCUT2D eigenvalue weighted by atomic mass is 15.2. The van der Waals surface area contributed by atoms with E-state index in [0.717, 1.165) is 6.42 Å². The number of hydrogen-bond donors (Lipinski definition) is 0. The van der Waals surface area contributed by atoms with E-state index in [1.165, 1.54) is 39.2 Å². The first kappa shape index (κ1) is 26.4. The van der Waals surface area contributed by atoms with Gasteiger partial charge in [-0.1, -0.05) is 83.2 Å². The molecule has 4 atom stereocenters. The van der Waals surface area contributed by atoms with Gasteiger partial charge in [0.1, 0.15) is 11.8 Å². The van der Waals surface area contributed by atoms with Crippen LogP contribution in [0.1, 0.15) is 75.4 Å². The predicted molar refractivity (Wildman–Crippen MR) is 158 cm³/mol. The first-order chi connectivity index (χ1) is 18.1. The van der Waals surface area contributed by atoms with E-state index in [2.05, 4.69) is 144 Å². The number of nitrogens with zero attached hydrogens (tertiary/aromatic N) is 2. The second-order valence-electron chi connectivity index (χ2n) is 12.7. The van der Waals surface area contributed by atoms with Crippen LogP contribution in [0.4, 0.5) is 0 Å². The van der Waals surface area contributed by atoms with E-state index in [1.54, 1.807) is 0 Å². The van der Waals surface area contributed by atoms with E-state index >= 15 is 0 Å². The molecule has 1 aliphatic heterocycles. The number of rotatable bonds is 6. The van der Waals surface area contributed by atoms with Crippen molar-refractivity contribution < 1.29 is 9.13 Å². The van der Waals surface area contributed by atoms with E-state index in [9.17, 15) is 0 Å². The quantitative estimate of drug-likeness (QED) is 0.183. The summed E-state index contributed by atoms with van der Waals surface area (Å²) in [6, 6.07) is 18.4. The summed E-state index contributed by atoms with van der Waals surface area (Å²) >= 11 is 0. The fourth-order valence-corrected chi connectivity index (χ4v) is 7.53. The molecule has 3 heterocycles. The van der Waals surface area contributed by atoms with Crippen molar-refractivity contribution in [3.63, 3.8) is 0 Å². The number of aryl methyl sites for hydroxylation is 2. The minimum Gasteiger partial charge on any atom is -0.195 e. The Morgan fingerprint density at radius 3 is 2.42 bits per heavy atom. The Bertz CT molecular complexity index is 1430. The fourth-order valence-electron chi connectivity index (χ4n) is 7.53. The first-order valence-electron chi connectivity index (χ1n) is 14.1. The minimum atomic E-state index is -0.173. The Morgan fingerprint density at radius 2 is 1.76 bits per heavy atom. The Kier molecular flexibility index (Phi) is 6.58. The number of allylic oxidation sites excluding steroid dienone is 4. The van der Waals surface area contributed by atoms with Gasteiger partial charge in [0.25, 0.3) is 0 Å². The summed E-state index contributed by atoms with van der Waals surface area (Å²) in [5.74, 6) is 1.02. The van der Waals surface area contributed by atoms with E-state index < -0.39 is 0 Å². The third-order valence-electron chi connectivity index (χ3n) is 9.16. The molecule has 2 aromatic heterocycles. The van der Waals surface area contributed by atoms with E-state index in [1.807, 2.05) is 6.08 Å². The molecule has 0 saturated heterocycles. The zero-order chi connectivity index (χ0) is 27.4. The van der Waals surface area contributed by atoms with Gasteiger partial charge in [-0.3, -0.25) is 0 Å². The summed E-state index contributed by atoms with van der Waals surface area (Å²) in [4.78, 5) is 0. The molecule has 1 fully saturated rings. The van der Waals surface area contributed by atoms with Gasteiger partial charge in [-0.25, -0.2) is 0 Å². The lowest BCUT2D eigenvalue weighted by Gasteiger charge is -2.55. The van der Waals surface area contributed by atoms with E-state index in [0.29, 0.717) is 17.9 Å². The van der Waals surface area contributed by atoms with Gasteiger partial charge in [-0.05, 0) is 41.5 Å². The van der Waals surface area contributed by atoms with Gasteiger partial charge in [0.2, 0.25) is 5.69 Å².